The molecule has 2 atom stereocenters. The highest BCUT2D eigenvalue weighted by Gasteiger charge is 2.28. The molecular formula is C13H19NO. The monoisotopic (exact) mass is 205 g/mol. The van der Waals surface area contributed by atoms with Gasteiger partial charge in [0.25, 0.3) is 0 Å². The third-order valence-electron chi connectivity index (χ3n) is 3.09. The lowest BCUT2D eigenvalue weighted by atomic mass is 10.0. The van der Waals surface area contributed by atoms with Crippen LogP contribution in [0.1, 0.15) is 25.3 Å². The molecule has 0 radical (unpaired) electrons. The topological polar surface area (TPSA) is 21.3 Å². The largest absolute Gasteiger partial charge is 0.488 e. The molecule has 2 rings (SSSR count). The van der Waals surface area contributed by atoms with Gasteiger partial charge in [0.2, 0.25) is 0 Å². The van der Waals surface area contributed by atoms with Crippen LogP contribution in [0.25, 0.3) is 0 Å². The van der Waals surface area contributed by atoms with E-state index in [4.69, 9.17) is 4.74 Å². The van der Waals surface area contributed by atoms with Crippen molar-refractivity contribution in [3.63, 3.8) is 0 Å². The van der Waals surface area contributed by atoms with Crippen LogP contribution in [0.5, 0.6) is 5.75 Å². The predicted molar refractivity (Wildman–Crippen MR) is 62.3 cm³/mol. The van der Waals surface area contributed by atoms with Crippen LogP contribution < -0.4 is 10.1 Å². The minimum atomic E-state index is 0.312. The Kier molecular flexibility index (Phi) is 3.27. The Morgan fingerprint density at radius 1 is 1.47 bits per heavy atom. The van der Waals surface area contributed by atoms with E-state index in [1.54, 1.807) is 0 Å². The van der Waals surface area contributed by atoms with E-state index in [-0.39, 0.29) is 0 Å². The zero-order valence-electron chi connectivity index (χ0n) is 9.49. The second kappa shape index (κ2) is 4.67. The van der Waals surface area contributed by atoms with Crippen molar-refractivity contribution in [2.24, 2.45) is 0 Å². The molecule has 0 saturated carbocycles. The molecule has 0 aromatic heterocycles. The first-order chi connectivity index (χ1) is 7.35. The molecule has 1 heterocycles. The molecular weight excluding hydrogens is 186 g/mol. The van der Waals surface area contributed by atoms with E-state index in [2.05, 4.69) is 30.4 Å². The van der Waals surface area contributed by atoms with Gasteiger partial charge in [-0.3, -0.25) is 0 Å². The average Bonchev–Trinajstić information content (AvgIpc) is 2.69. The Morgan fingerprint density at radius 3 is 2.93 bits per heavy atom. The molecule has 2 unspecified atom stereocenters. The summed E-state index contributed by atoms with van der Waals surface area (Å²) < 4.78 is 5.95. The number of rotatable bonds is 4. The first-order valence-corrected chi connectivity index (χ1v) is 5.77. The van der Waals surface area contributed by atoms with Crippen LogP contribution in [-0.2, 0) is 6.42 Å². The molecule has 0 amide bonds. The predicted octanol–water partition coefficient (Wildman–Crippen LogP) is 2.38. The van der Waals surface area contributed by atoms with E-state index in [9.17, 15) is 0 Å². The van der Waals surface area contributed by atoms with Crippen molar-refractivity contribution in [2.75, 3.05) is 7.05 Å². The number of nitrogens with one attached hydrogen (secondary N) is 1. The smallest absolute Gasteiger partial charge is 0.123 e. The van der Waals surface area contributed by atoms with Crippen LogP contribution in [0.4, 0.5) is 0 Å². The maximum absolute atomic E-state index is 5.95. The maximum atomic E-state index is 5.95. The number of ether oxygens (including phenoxy) is 1. The van der Waals surface area contributed by atoms with Gasteiger partial charge in [0.1, 0.15) is 11.9 Å². The van der Waals surface area contributed by atoms with Crippen LogP contribution in [0.15, 0.2) is 24.3 Å². The van der Waals surface area contributed by atoms with E-state index in [1.807, 2.05) is 13.1 Å². The second-order valence-electron chi connectivity index (χ2n) is 4.15. The molecule has 1 aliphatic rings. The Morgan fingerprint density at radius 2 is 2.27 bits per heavy atom. The quantitative estimate of drug-likeness (QED) is 0.815. The first-order valence-electron chi connectivity index (χ1n) is 5.77. The van der Waals surface area contributed by atoms with Gasteiger partial charge in [-0.15, -0.1) is 0 Å². The SMILES string of the molecule is CCCC(NC)C1Cc2ccccc2O1. The lowest BCUT2D eigenvalue weighted by Gasteiger charge is -2.22. The van der Waals surface area contributed by atoms with Crippen molar-refractivity contribution in [2.45, 2.75) is 38.3 Å². The molecule has 0 fully saturated rings. The molecule has 15 heavy (non-hydrogen) atoms. The van der Waals surface area contributed by atoms with E-state index in [1.165, 1.54) is 18.4 Å². The van der Waals surface area contributed by atoms with E-state index in [0.717, 1.165) is 12.2 Å². The Labute approximate surface area is 91.6 Å². The highest BCUT2D eigenvalue weighted by Crippen LogP contribution is 2.30. The van der Waals surface area contributed by atoms with Gasteiger partial charge in [-0.05, 0) is 25.1 Å². The minimum Gasteiger partial charge on any atom is -0.488 e. The average molecular weight is 205 g/mol. The molecule has 0 spiro atoms. The Bertz CT molecular complexity index is 299. The molecule has 2 nitrogen and oxygen atoms in total. The lowest BCUT2D eigenvalue weighted by Crippen LogP contribution is -2.40. The molecule has 1 aromatic rings. The van der Waals surface area contributed by atoms with Crippen molar-refractivity contribution in [3.05, 3.63) is 29.8 Å². The van der Waals surface area contributed by atoms with Crippen LogP contribution in [-0.4, -0.2) is 19.2 Å². The highest BCUT2D eigenvalue weighted by molar-refractivity contribution is 5.37. The fraction of sp³-hybridized carbons (Fsp3) is 0.538. The van der Waals surface area contributed by atoms with E-state index >= 15 is 0 Å². The number of benzene rings is 1. The second-order valence-corrected chi connectivity index (χ2v) is 4.15. The Balaban J connectivity index is 2.05. The fourth-order valence-corrected chi connectivity index (χ4v) is 2.26. The fourth-order valence-electron chi connectivity index (χ4n) is 2.26. The summed E-state index contributed by atoms with van der Waals surface area (Å²) >= 11 is 0. The van der Waals surface area contributed by atoms with Crippen molar-refractivity contribution >= 4 is 0 Å². The van der Waals surface area contributed by atoms with Gasteiger partial charge in [0.15, 0.2) is 0 Å². The summed E-state index contributed by atoms with van der Waals surface area (Å²) in [6.45, 7) is 2.21. The number of para-hydroxylation sites is 1. The summed E-state index contributed by atoms with van der Waals surface area (Å²) in [5.41, 5.74) is 1.35. The summed E-state index contributed by atoms with van der Waals surface area (Å²) in [5, 5.41) is 3.35. The molecule has 0 aliphatic carbocycles. The number of fused-ring (bicyclic) bond motifs is 1. The summed E-state index contributed by atoms with van der Waals surface area (Å²) in [5.74, 6) is 1.07. The van der Waals surface area contributed by atoms with Gasteiger partial charge in [-0.1, -0.05) is 31.5 Å². The van der Waals surface area contributed by atoms with Crippen molar-refractivity contribution in [1.29, 1.82) is 0 Å². The zero-order valence-corrected chi connectivity index (χ0v) is 9.49. The van der Waals surface area contributed by atoms with Crippen molar-refractivity contribution < 1.29 is 4.74 Å². The number of hydrogen-bond acceptors (Lipinski definition) is 2. The third kappa shape index (κ3) is 2.15. The molecule has 0 saturated heterocycles. The van der Waals surface area contributed by atoms with E-state index < -0.39 is 0 Å². The summed E-state index contributed by atoms with van der Waals surface area (Å²) in [6, 6.07) is 8.82. The Hall–Kier alpha value is -1.02. The van der Waals surface area contributed by atoms with Gasteiger partial charge in [-0.2, -0.15) is 0 Å². The highest BCUT2D eigenvalue weighted by atomic mass is 16.5. The third-order valence-corrected chi connectivity index (χ3v) is 3.09. The standard InChI is InChI=1S/C13H19NO/c1-3-6-11(14-2)13-9-10-7-4-5-8-12(10)15-13/h4-5,7-8,11,13-14H,3,6,9H2,1-2H3. The maximum Gasteiger partial charge on any atom is 0.123 e. The van der Waals surface area contributed by atoms with Gasteiger partial charge in [0, 0.05) is 12.5 Å². The number of likely N-dealkylation sites (N-methyl/N-ethyl adjacent to an activating group) is 1. The van der Waals surface area contributed by atoms with Gasteiger partial charge in [-0.25, -0.2) is 0 Å². The van der Waals surface area contributed by atoms with Gasteiger partial charge < -0.3 is 10.1 Å². The van der Waals surface area contributed by atoms with Gasteiger partial charge >= 0.3 is 0 Å². The van der Waals surface area contributed by atoms with Gasteiger partial charge in [0.05, 0.1) is 0 Å². The zero-order chi connectivity index (χ0) is 10.7. The molecule has 1 aliphatic heterocycles. The minimum absolute atomic E-state index is 0.312. The van der Waals surface area contributed by atoms with Crippen LogP contribution in [0, 0.1) is 0 Å². The van der Waals surface area contributed by atoms with Crippen LogP contribution in [0.3, 0.4) is 0 Å². The summed E-state index contributed by atoms with van der Waals surface area (Å²) in [7, 11) is 2.02. The van der Waals surface area contributed by atoms with Crippen LogP contribution in [0.2, 0.25) is 0 Å². The molecule has 1 N–H and O–H groups in total. The normalized spacial score (nSPS) is 20.8. The summed E-state index contributed by atoms with van der Waals surface area (Å²) in [4.78, 5) is 0. The van der Waals surface area contributed by atoms with Crippen molar-refractivity contribution in [3.8, 4) is 5.75 Å². The molecule has 0 bridgehead atoms. The number of hydrogen-bond donors (Lipinski definition) is 1. The van der Waals surface area contributed by atoms with E-state index in [0.29, 0.717) is 12.1 Å². The first kappa shape index (κ1) is 10.5. The van der Waals surface area contributed by atoms with Crippen LogP contribution >= 0.6 is 0 Å². The lowest BCUT2D eigenvalue weighted by molar-refractivity contribution is 0.176. The summed E-state index contributed by atoms with van der Waals surface area (Å²) in [6.07, 6.45) is 3.73. The molecule has 82 valence electrons. The van der Waals surface area contributed by atoms with Crippen molar-refractivity contribution in [1.82, 2.24) is 5.32 Å². The molecule has 1 aromatic carbocycles. The molecule has 2 heteroatoms.